The minimum absolute atomic E-state index is 0.209. The van der Waals surface area contributed by atoms with Gasteiger partial charge >= 0.3 is 5.69 Å². The Morgan fingerprint density at radius 3 is 2.28 bits per heavy atom. The molecule has 0 fully saturated rings. The molecule has 2 aromatic carbocycles. The van der Waals surface area contributed by atoms with Crippen LogP contribution in [0.3, 0.4) is 0 Å². The fraction of sp³-hybridized carbons (Fsp3) is 0.227. The molecular weight excluding hydrogens is 455 g/mol. The zero-order chi connectivity index (χ0) is 23.0. The van der Waals surface area contributed by atoms with Crippen molar-refractivity contribution in [2.24, 2.45) is 14.1 Å². The molecule has 4 aromatic rings. The third-order valence-electron chi connectivity index (χ3n) is 5.16. The van der Waals surface area contributed by atoms with Crippen LogP contribution >= 0.6 is 23.2 Å². The van der Waals surface area contributed by atoms with Gasteiger partial charge in [-0.3, -0.25) is 18.5 Å². The molecule has 0 saturated heterocycles. The predicted molar refractivity (Wildman–Crippen MR) is 123 cm³/mol. The Morgan fingerprint density at radius 1 is 0.938 bits per heavy atom. The van der Waals surface area contributed by atoms with Crippen molar-refractivity contribution in [3.63, 3.8) is 0 Å². The van der Waals surface area contributed by atoms with Gasteiger partial charge in [-0.15, -0.1) is 0 Å². The molecule has 10 heteroatoms. The molecule has 0 bridgehead atoms. The third kappa shape index (κ3) is 3.99. The van der Waals surface area contributed by atoms with Crippen molar-refractivity contribution in [2.75, 3.05) is 7.11 Å². The molecule has 0 aliphatic heterocycles. The van der Waals surface area contributed by atoms with Crippen LogP contribution in [0, 0.1) is 0 Å². The van der Waals surface area contributed by atoms with Gasteiger partial charge in [0.25, 0.3) is 11.6 Å². The molecule has 8 nitrogen and oxygen atoms in total. The first-order valence-corrected chi connectivity index (χ1v) is 10.4. The lowest BCUT2D eigenvalue weighted by atomic mass is 10.2. The van der Waals surface area contributed by atoms with Crippen molar-refractivity contribution in [3.8, 4) is 11.8 Å². The van der Waals surface area contributed by atoms with Crippen molar-refractivity contribution in [3.05, 3.63) is 84.5 Å². The van der Waals surface area contributed by atoms with E-state index in [2.05, 4.69) is 4.98 Å². The molecule has 0 aliphatic rings. The lowest BCUT2D eigenvalue weighted by molar-refractivity contribution is 0.270. The highest BCUT2D eigenvalue weighted by Gasteiger charge is 2.20. The second-order valence-corrected chi connectivity index (χ2v) is 8.06. The summed E-state index contributed by atoms with van der Waals surface area (Å²) < 4.78 is 15.2. The highest BCUT2D eigenvalue weighted by Crippen LogP contribution is 2.26. The Labute approximate surface area is 193 Å². The second kappa shape index (κ2) is 8.72. The Morgan fingerprint density at radius 2 is 1.62 bits per heavy atom. The van der Waals surface area contributed by atoms with Gasteiger partial charge in [-0.25, -0.2) is 4.79 Å². The summed E-state index contributed by atoms with van der Waals surface area (Å²) in [5.74, 6) is 0.735. The van der Waals surface area contributed by atoms with Crippen molar-refractivity contribution >= 4 is 34.4 Å². The number of ether oxygens (including phenoxy) is 2. The van der Waals surface area contributed by atoms with E-state index in [1.165, 1.54) is 11.6 Å². The van der Waals surface area contributed by atoms with Crippen LogP contribution in [0.2, 0.25) is 10.0 Å². The van der Waals surface area contributed by atoms with Gasteiger partial charge in [0.2, 0.25) is 0 Å². The van der Waals surface area contributed by atoms with Gasteiger partial charge in [-0.05, 0) is 35.4 Å². The first-order chi connectivity index (χ1) is 15.3. The van der Waals surface area contributed by atoms with Gasteiger partial charge < -0.3 is 9.47 Å². The van der Waals surface area contributed by atoms with Crippen LogP contribution in [0.25, 0.3) is 11.2 Å². The molecule has 4 rings (SSSR count). The van der Waals surface area contributed by atoms with Crippen LogP contribution in [-0.4, -0.2) is 25.8 Å². The fourth-order valence-corrected chi connectivity index (χ4v) is 3.69. The highest BCUT2D eigenvalue weighted by molar-refractivity contribution is 6.42. The average molecular weight is 475 g/mol. The van der Waals surface area contributed by atoms with E-state index < -0.39 is 11.2 Å². The minimum Gasteiger partial charge on any atom is -0.497 e. The summed E-state index contributed by atoms with van der Waals surface area (Å²) in [5.41, 5.74) is 1.25. The van der Waals surface area contributed by atoms with Gasteiger partial charge in [0.1, 0.15) is 12.4 Å². The number of halogens is 2. The van der Waals surface area contributed by atoms with Crippen molar-refractivity contribution in [2.45, 2.75) is 13.2 Å². The van der Waals surface area contributed by atoms with E-state index in [1.54, 1.807) is 36.9 Å². The average Bonchev–Trinajstić information content (AvgIpc) is 3.16. The SMILES string of the molecule is COc1ccc(COc2nc3c(c(=O)n(C)c(=O)n3C)n2Cc2ccc(Cl)c(Cl)c2)cc1. The Bertz CT molecular complexity index is 1420. The van der Waals surface area contributed by atoms with Crippen LogP contribution in [0.5, 0.6) is 11.8 Å². The van der Waals surface area contributed by atoms with E-state index in [-0.39, 0.29) is 30.3 Å². The monoisotopic (exact) mass is 474 g/mol. The van der Waals surface area contributed by atoms with E-state index in [9.17, 15) is 9.59 Å². The number of fused-ring (bicyclic) bond motifs is 1. The number of aryl methyl sites for hydroxylation is 1. The molecule has 0 N–H and O–H groups in total. The molecule has 0 spiro atoms. The summed E-state index contributed by atoms with van der Waals surface area (Å²) in [6.45, 7) is 0.460. The first-order valence-electron chi connectivity index (χ1n) is 9.66. The van der Waals surface area contributed by atoms with E-state index in [0.29, 0.717) is 10.0 Å². The molecule has 0 amide bonds. The number of rotatable bonds is 6. The zero-order valence-corrected chi connectivity index (χ0v) is 19.1. The quantitative estimate of drug-likeness (QED) is 0.427. The lowest BCUT2D eigenvalue weighted by Gasteiger charge is -2.11. The predicted octanol–water partition coefficient (Wildman–Crippen LogP) is 3.38. The number of nitrogens with zero attached hydrogens (tertiary/aromatic N) is 4. The molecule has 0 atom stereocenters. The standard InChI is InChI=1S/C22H20Cl2N4O4/c1-26-19-18(20(29)27(2)22(26)30)28(11-14-6-9-16(23)17(24)10-14)21(25-19)32-12-13-4-7-15(31-3)8-5-13/h4-10H,11-12H2,1-3H3. The maximum atomic E-state index is 13.0. The molecule has 0 unspecified atom stereocenters. The van der Waals surface area contributed by atoms with Crippen LogP contribution in [0.15, 0.2) is 52.1 Å². The maximum absolute atomic E-state index is 13.0. The topological polar surface area (TPSA) is 80.3 Å². The fourth-order valence-electron chi connectivity index (χ4n) is 3.37. The van der Waals surface area contributed by atoms with Crippen LogP contribution in [0.4, 0.5) is 0 Å². The van der Waals surface area contributed by atoms with Crippen molar-refractivity contribution in [1.29, 1.82) is 0 Å². The van der Waals surface area contributed by atoms with Crippen molar-refractivity contribution < 1.29 is 9.47 Å². The number of methoxy groups -OCH3 is 1. The van der Waals surface area contributed by atoms with Crippen LogP contribution < -0.4 is 20.7 Å². The Kier molecular flexibility index (Phi) is 5.99. The van der Waals surface area contributed by atoms with Crippen LogP contribution in [-0.2, 0) is 27.2 Å². The van der Waals surface area contributed by atoms with E-state index in [1.807, 2.05) is 24.3 Å². The molecule has 0 radical (unpaired) electrons. The summed E-state index contributed by atoms with van der Waals surface area (Å²) in [7, 11) is 4.59. The third-order valence-corrected chi connectivity index (χ3v) is 5.90. The largest absolute Gasteiger partial charge is 0.497 e. The highest BCUT2D eigenvalue weighted by atomic mass is 35.5. The van der Waals surface area contributed by atoms with Crippen LogP contribution in [0.1, 0.15) is 11.1 Å². The maximum Gasteiger partial charge on any atom is 0.332 e. The van der Waals surface area contributed by atoms with Gasteiger partial charge in [0.15, 0.2) is 11.2 Å². The molecule has 2 heterocycles. The summed E-state index contributed by atoms with van der Waals surface area (Å²) in [6, 6.07) is 12.8. The Balaban J connectivity index is 1.80. The number of hydrogen-bond acceptors (Lipinski definition) is 5. The Hall–Kier alpha value is -3.23. The molecule has 166 valence electrons. The van der Waals surface area contributed by atoms with E-state index >= 15 is 0 Å². The van der Waals surface area contributed by atoms with Crippen molar-refractivity contribution in [1.82, 2.24) is 18.7 Å². The molecular formula is C22H20Cl2N4O4. The van der Waals surface area contributed by atoms with Gasteiger partial charge in [0.05, 0.1) is 23.7 Å². The lowest BCUT2D eigenvalue weighted by Crippen LogP contribution is -2.37. The van der Waals surface area contributed by atoms with E-state index in [0.717, 1.165) is 21.4 Å². The minimum atomic E-state index is -0.469. The van der Waals surface area contributed by atoms with Gasteiger partial charge in [0, 0.05) is 14.1 Å². The number of hydrogen-bond donors (Lipinski definition) is 0. The smallest absolute Gasteiger partial charge is 0.332 e. The summed E-state index contributed by atoms with van der Waals surface area (Å²) in [6.07, 6.45) is 0. The number of aromatic nitrogens is 4. The summed E-state index contributed by atoms with van der Waals surface area (Å²) in [5, 5.41) is 0.829. The van der Waals surface area contributed by atoms with E-state index in [4.69, 9.17) is 32.7 Å². The zero-order valence-electron chi connectivity index (χ0n) is 17.6. The molecule has 2 aromatic heterocycles. The summed E-state index contributed by atoms with van der Waals surface area (Å²) >= 11 is 12.2. The number of imidazole rings is 1. The normalized spacial score (nSPS) is 11.2. The molecule has 0 saturated carbocycles. The van der Waals surface area contributed by atoms with Gasteiger partial charge in [-0.1, -0.05) is 41.4 Å². The number of benzene rings is 2. The molecule has 32 heavy (non-hydrogen) atoms. The second-order valence-electron chi connectivity index (χ2n) is 7.24. The summed E-state index contributed by atoms with van der Waals surface area (Å²) in [4.78, 5) is 29.8. The first kappa shape index (κ1) is 22.0. The molecule has 0 aliphatic carbocycles. The van der Waals surface area contributed by atoms with Gasteiger partial charge in [-0.2, -0.15) is 4.98 Å².